The van der Waals surface area contributed by atoms with Crippen LogP contribution in [0.1, 0.15) is 40.0 Å². The number of nitrogens with one attached hydrogen (secondary N) is 1. The van der Waals surface area contributed by atoms with Crippen LogP contribution in [-0.2, 0) is 4.79 Å². The van der Waals surface area contributed by atoms with Crippen molar-refractivity contribution in [1.82, 2.24) is 15.1 Å². The molecule has 0 aromatic heterocycles. The van der Waals surface area contributed by atoms with E-state index in [1.54, 1.807) is 0 Å². The summed E-state index contributed by atoms with van der Waals surface area (Å²) in [7, 11) is 0. The van der Waals surface area contributed by atoms with Crippen molar-refractivity contribution in [3.8, 4) is 0 Å². The molecular weight excluding hydrogens is 238 g/mol. The second-order valence-corrected chi connectivity index (χ2v) is 6.34. The SMILES string of the molecule is CCC1(C(=O)N2CCN(C(C)C)CC2)CCCNC1. The quantitative estimate of drug-likeness (QED) is 0.838. The Bertz CT molecular complexity index is 303. The molecule has 1 amide bonds. The fourth-order valence-electron chi connectivity index (χ4n) is 3.38. The van der Waals surface area contributed by atoms with Gasteiger partial charge in [-0.25, -0.2) is 0 Å². The molecule has 2 fully saturated rings. The van der Waals surface area contributed by atoms with E-state index in [9.17, 15) is 4.79 Å². The zero-order valence-corrected chi connectivity index (χ0v) is 12.7. The summed E-state index contributed by atoms with van der Waals surface area (Å²) in [5.41, 5.74) is -0.127. The summed E-state index contributed by atoms with van der Waals surface area (Å²) in [4.78, 5) is 17.4. The first-order chi connectivity index (χ1) is 9.09. The third-order valence-corrected chi connectivity index (χ3v) is 4.93. The normalized spacial score (nSPS) is 29.8. The molecule has 4 heteroatoms. The molecular formula is C15H29N3O. The lowest BCUT2D eigenvalue weighted by atomic mass is 9.77. The zero-order chi connectivity index (χ0) is 13.9. The molecule has 2 aliphatic rings. The lowest BCUT2D eigenvalue weighted by molar-refractivity contribution is -0.145. The molecule has 0 aromatic rings. The van der Waals surface area contributed by atoms with Crippen LogP contribution in [0.3, 0.4) is 0 Å². The monoisotopic (exact) mass is 267 g/mol. The van der Waals surface area contributed by atoms with Gasteiger partial charge in [0.2, 0.25) is 5.91 Å². The highest BCUT2D eigenvalue weighted by Gasteiger charge is 2.41. The van der Waals surface area contributed by atoms with Gasteiger partial charge in [-0.05, 0) is 39.7 Å². The molecule has 0 aromatic carbocycles. The number of hydrogen-bond donors (Lipinski definition) is 1. The molecule has 0 aliphatic carbocycles. The molecule has 4 nitrogen and oxygen atoms in total. The lowest BCUT2D eigenvalue weighted by Crippen LogP contribution is -2.57. The van der Waals surface area contributed by atoms with Gasteiger partial charge >= 0.3 is 0 Å². The Hall–Kier alpha value is -0.610. The predicted octanol–water partition coefficient (Wildman–Crippen LogP) is 1.32. The number of carbonyl (C=O) groups excluding carboxylic acids is 1. The van der Waals surface area contributed by atoms with E-state index in [0.29, 0.717) is 11.9 Å². The van der Waals surface area contributed by atoms with Gasteiger partial charge in [0.15, 0.2) is 0 Å². The Kier molecular flexibility index (Phi) is 4.85. The Morgan fingerprint density at radius 1 is 1.26 bits per heavy atom. The van der Waals surface area contributed by atoms with Crippen LogP contribution < -0.4 is 5.32 Å². The van der Waals surface area contributed by atoms with Crippen LogP contribution in [0.4, 0.5) is 0 Å². The minimum absolute atomic E-state index is 0.127. The van der Waals surface area contributed by atoms with E-state index in [-0.39, 0.29) is 5.41 Å². The largest absolute Gasteiger partial charge is 0.340 e. The van der Waals surface area contributed by atoms with Crippen molar-refractivity contribution in [3.05, 3.63) is 0 Å². The van der Waals surface area contributed by atoms with Gasteiger partial charge in [0, 0.05) is 38.8 Å². The first-order valence-corrected chi connectivity index (χ1v) is 7.83. The molecule has 1 atom stereocenters. The summed E-state index contributed by atoms with van der Waals surface area (Å²) in [6.45, 7) is 12.4. The summed E-state index contributed by atoms with van der Waals surface area (Å²) in [5, 5.41) is 3.42. The molecule has 2 saturated heterocycles. The maximum absolute atomic E-state index is 12.9. The van der Waals surface area contributed by atoms with Crippen molar-refractivity contribution < 1.29 is 4.79 Å². The number of hydrogen-bond acceptors (Lipinski definition) is 3. The summed E-state index contributed by atoms with van der Waals surface area (Å²) in [6.07, 6.45) is 3.15. The Labute approximate surface area is 117 Å². The fourth-order valence-corrected chi connectivity index (χ4v) is 3.38. The zero-order valence-electron chi connectivity index (χ0n) is 12.7. The van der Waals surface area contributed by atoms with Crippen molar-refractivity contribution in [2.24, 2.45) is 5.41 Å². The highest BCUT2D eigenvalue weighted by molar-refractivity contribution is 5.83. The minimum Gasteiger partial charge on any atom is -0.340 e. The van der Waals surface area contributed by atoms with Crippen molar-refractivity contribution in [2.75, 3.05) is 39.3 Å². The number of piperazine rings is 1. The van der Waals surface area contributed by atoms with Gasteiger partial charge in [-0.1, -0.05) is 6.92 Å². The Balaban J connectivity index is 1.96. The Morgan fingerprint density at radius 3 is 2.42 bits per heavy atom. The van der Waals surface area contributed by atoms with Crippen LogP contribution in [0.2, 0.25) is 0 Å². The van der Waals surface area contributed by atoms with E-state index in [1.165, 1.54) is 0 Å². The minimum atomic E-state index is -0.127. The van der Waals surface area contributed by atoms with E-state index in [0.717, 1.165) is 58.5 Å². The molecule has 0 saturated carbocycles. The third kappa shape index (κ3) is 3.11. The van der Waals surface area contributed by atoms with E-state index in [2.05, 4.69) is 35.9 Å². The van der Waals surface area contributed by atoms with Crippen molar-refractivity contribution >= 4 is 5.91 Å². The molecule has 19 heavy (non-hydrogen) atoms. The molecule has 0 radical (unpaired) electrons. The van der Waals surface area contributed by atoms with Crippen LogP contribution in [0, 0.1) is 5.41 Å². The first kappa shape index (κ1) is 14.8. The number of amides is 1. The maximum atomic E-state index is 12.9. The smallest absolute Gasteiger partial charge is 0.230 e. The van der Waals surface area contributed by atoms with Crippen LogP contribution in [0.25, 0.3) is 0 Å². The van der Waals surface area contributed by atoms with Gasteiger partial charge in [0.1, 0.15) is 0 Å². The lowest BCUT2D eigenvalue weighted by Gasteiger charge is -2.43. The summed E-state index contributed by atoms with van der Waals surface area (Å²) in [6, 6.07) is 0.591. The van der Waals surface area contributed by atoms with Crippen molar-refractivity contribution in [3.63, 3.8) is 0 Å². The molecule has 1 unspecified atom stereocenters. The van der Waals surface area contributed by atoms with Gasteiger partial charge < -0.3 is 10.2 Å². The summed E-state index contributed by atoms with van der Waals surface area (Å²) in [5.74, 6) is 0.394. The highest BCUT2D eigenvalue weighted by Crippen LogP contribution is 2.32. The van der Waals surface area contributed by atoms with Crippen LogP contribution in [0.15, 0.2) is 0 Å². The average molecular weight is 267 g/mol. The molecule has 2 rings (SSSR count). The second kappa shape index (κ2) is 6.23. The van der Waals surface area contributed by atoms with E-state index >= 15 is 0 Å². The maximum Gasteiger partial charge on any atom is 0.230 e. The van der Waals surface area contributed by atoms with Crippen molar-refractivity contribution in [2.45, 2.75) is 46.1 Å². The van der Waals surface area contributed by atoms with Gasteiger partial charge in [-0.2, -0.15) is 0 Å². The number of rotatable bonds is 3. The van der Waals surface area contributed by atoms with Crippen LogP contribution >= 0.6 is 0 Å². The van der Waals surface area contributed by atoms with Gasteiger partial charge in [-0.15, -0.1) is 0 Å². The van der Waals surface area contributed by atoms with Crippen LogP contribution in [0.5, 0.6) is 0 Å². The highest BCUT2D eigenvalue weighted by atomic mass is 16.2. The van der Waals surface area contributed by atoms with Gasteiger partial charge in [-0.3, -0.25) is 9.69 Å². The standard InChI is InChI=1S/C15H29N3O/c1-4-15(6-5-7-16-12-15)14(19)18-10-8-17(9-11-18)13(2)3/h13,16H,4-12H2,1-3H3. The van der Waals surface area contributed by atoms with E-state index in [1.807, 2.05) is 0 Å². The molecule has 0 spiro atoms. The first-order valence-electron chi connectivity index (χ1n) is 7.83. The fraction of sp³-hybridized carbons (Fsp3) is 0.933. The second-order valence-electron chi connectivity index (χ2n) is 6.34. The average Bonchev–Trinajstić information content (AvgIpc) is 2.47. The van der Waals surface area contributed by atoms with E-state index < -0.39 is 0 Å². The van der Waals surface area contributed by atoms with Gasteiger partial charge in [0.05, 0.1) is 5.41 Å². The third-order valence-electron chi connectivity index (χ3n) is 4.93. The van der Waals surface area contributed by atoms with Crippen LogP contribution in [-0.4, -0.2) is 61.0 Å². The predicted molar refractivity (Wildman–Crippen MR) is 78.1 cm³/mol. The number of piperidine rings is 1. The Morgan fingerprint density at radius 2 is 1.95 bits per heavy atom. The number of nitrogens with zero attached hydrogens (tertiary/aromatic N) is 2. The molecule has 1 N–H and O–H groups in total. The molecule has 110 valence electrons. The molecule has 2 heterocycles. The molecule has 2 aliphatic heterocycles. The summed E-state index contributed by atoms with van der Waals surface area (Å²) >= 11 is 0. The topological polar surface area (TPSA) is 35.6 Å². The van der Waals surface area contributed by atoms with E-state index in [4.69, 9.17) is 0 Å². The van der Waals surface area contributed by atoms with Gasteiger partial charge in [0.25, 0.3) is 0 Å². The number of carbonyl (C=O) groups is 1. The van der Waals surface area contributed by atoms with Crippen molar-refractivity contribution in [1.29, 1.82) is 0 Å². The molecule has 0 bridgehead atoms. The summed E-state index contributed by atoms with van der Waals surface area (Å²) < 4.78 is 0.